The molecule has 42 heavy (non-hydrogen) atoms. The number of nitro benzene ring substituents is 1. The Morgan fingerprint density at radius 3 is 1.86 bits per heavy atom. The monoisotopic (exact) mass is 566 g/mol. The second kappa shape index (κ2) is 12.3. The number of nitrogens with zero attached hydrogens (tertiary/aromatic N) is 2. The number of anilines is 1. The highest BCUT2D eigenvalue weighted by Crippen LogP contribution is 2.29. The fraction of sp³-hybridized carbons (Fsp3) is 0.156. The molecular formula is C32H26N2O8. The maximum Gasteiger partial charge on any atom is 0.311 e. The van der Waals surface area contributed by atoms with Crippen LogP contribution in [-0.4, -0.2) is 35.7 Å². The van der Waals surface area contributed by atoms with Crippen LogP contribution < -0.4 is 14.4 Å². The number of esters is 1. The minimum Gasteiger partial charge on any atom is -0.457 e. The van der Waals surface area contributed by atoms with Crippen molar-refractivity contribution in [3.05, 3.63) is 118 Å². The average Bonchev–Trinajstić information content (AvgIpc) is 3.39. The molecule has 1 amide bonds. The Labute approximate surface area is 241 Å². The van der Waals surface area contributed by atoms with E-state index in [2.05, 4.69) is 0 Å². The average molecular weight is 567 g/mol. The van der Waals surface area contributed by atoms with Crippen molar-refractivity contribution >= 4 is 29.0 Å². The number of amides is 1. The fourth-order valence-corrected chi connectivity index (χ4v) is 4.37. The minimum absolute atomic E-state index is 0.0106. The van der Waals surface area contributed by atoms with Crippen LogP contribution in [0.25, 0.3) is 0 Å². The highest BCUT2D eigenvalue weighted by atomic mass is 16.6. The van der Waals surface area contributed by atoms with E-state index >= 15 is 0 Å². The predicted molar refractivity (Wildman–Crippen MR) is 153 cm³/mol. The molecule has 4 aromatic rings. The van der Waals surface area contributed by atoms with E-state index in [-0.39, 0.29) is 24.6 Å². The first-order valence-electron chi connectivity index (χ1n) is 13.1. The van der Waals surface area contributed by atoms with E-state index in [1.165, 1.54) is 41.3 Å². The lowest BCUT2D eigenvalue weighted by atomic mass is 10.1. The third kappa shape index (κ3) is 6.79. The molecule has 212 valence electrons. The lowest BCUT2D eigenvalue weighted by Crippen LogP contribution is -2.27. The van der Waals surface area contributed by atoms with Gasteiger partial charge in [-0.05, 0) is 79.7 Å². The molecule has 0 radical (unpaired) electrons. The number of carbonyl (C=O) groups is 3. The third-order valence-corrected chi connectivity index (χ3v) is 6.67. The first-order chi connectivity index (χ1) is 20.2. The van der Waals surface area contributed by atoms with Gasteiger partial charge in [0, 0.05) is 36.3 Å². The first kappa shape index (κ1) is 28.0. The van der Waals surface area contributed by atoms with Crippen LogP contribution >= 0.6 is 0 Å². The van der Waals surface area contributed by atoms with Crippen LogP contribution in [0.2, 0.25) is 0 Å². The molecule has 1 aliphatic heterocycles. The van der Waals surface area contributed by atoms with Crippen LogP contribution in [-0.2, 0) is 14.3 Å². The molecule has 4 aromatic carbocycles. The molecule has 1 heterocycles. The topological polar surface area (TPSA) is 125 Å². The lowest BCUT2D eigenvalue weighted by Gasteiger charge is -2.17. The van der Waals surface area contributed by atoms with Gasteiger partial charge in [-0.1, -0.05) is 17.7 Å². The van der Waals surface area contributed by atoms with Crippen molar-refractivity contribution in [2.45, 2.75) is 13.3 Å². The van der Waals surface area contributed by atoms with E-state index in [1.807, 2.05) is 31.2 Å². The van der Waals surface area contributed by atoms with Crippen molar-refractivity contribution in [1.29, 1.82) is 0 Å². The summed E-state index contributed by atoms with van der Waals surface area (Å²) in [6, 6.07) is 26.5. The molecule has 1 atom stereocenters. The van der Waals surface area contributed by atoms with Crippen molar-refractivity contribution in [2.75, 3.05) is 18.1 Å². The molecule has 0 aromatic heterocycles. The Bertz CT molecular complexity index is 1600. The van der Waals surface area contributed by atoms with Crippen molar-refractivity contribution in [3.63, 3.8) is 0 Å². The van der Waals surface area contributed by atoms with Gasteiger partial charge in [-0.2, -0.15) is 0 Å². The Balaban J connectivity index is 1.10. The molecule has 1 saturated heterocycles. The van der Waals surface area contributed by atoms with Crippen molar-refractivity contribution < 1.29 is 33.5 Å². The van der Waals surface area contributed by atoms with E-state index in [0.29, 0.717) is 34.2 Å². The zero-order valence-electron chi connectivity index (χ0n) is 22.6. The van der Waals surface area contributed by atoms with Gasteiger partial charge in [0.05, 0.1) is 10.8 Å². The van der Waals surface area contributed by atoms with Gasteiger partial charge < -0.3 is 19.1 Å². The third-order valence-electron chi connectivity index (χ3n) is 6.67. The zero-order chi connectivity index (χ0) is 29.6. The van der Waals surface area contributed by atoms with E-state index in [1.54, 1.807) is 36.4 Å². The Morgan fingerprint density at radius 1 is 0.810 bits per heavy atom. The van der Waals surface area contributed by atoms with Gasteiger partial charge in [-0.3, -0.25) is 24.5 Å². The maximum absolute atomic E-state index is 12.7. The van der Waals surface area contributed by atoms with Crippen LogP contribution in [0.3, 0.4) is 0 Å². The van der Waals surface area contributed by atoms with Crippen molar-refractivity contribution in [1.82, 2.24) is 0 Å². The normalized spacial score (nSPS) is 14.4. The number of nitro groups is 1. The number of ether oxygens (including phenoxy) is 3. The molecular weight excluding hydrogens is 540 g/mol. The quantitative estimate of drug-likeness (QED) is 0.0952. The number of aryl methyl sites for hydroxylation is 1. The molecule has 10 nitrogen and oxygen atoms in total. The van der Waals surface area contributed by atoms with Gasteiger partial charge in [-0.15, -0.1) is 0 Å². The Kier molecular flexibility index (Phi) is 8.24. The van der Waals surface area contributed by atoms with Gasteiger partial charge >= 0.3 is 5.97 Å². The highest BCUT2D eigenvalue weighted by molar-refractivity contribution is 6.01. The number of hydrogen-bond acceptors (Lipinski definition) is 8. The number of non-ortho nitro benzene ring substituents is 1. The summed E-state index contributed by atoms with van der Waals surface area (Å²) < 4.78 is 16.7. The molecule has 0 saturated carbocycles. The molecule has 10 heteroatoms. The van der Waals surface area contributed by atoms with E-state index < -0.39 is 29.2 Å². The molecule has 1 aliphatic rings. The number of ketones is 1. The van der Waals surface area contributed by atoms with Crippen LogP contribution in [0.5, 0.6) is 23.0 Å². The summed E-state index contributed by atoms with van der Waals surface area (Å²) in [5.74, 6) is 0.235. The van der Waals surface area contributed by atoms with Crippen LogP contribution in [0, 0.1) is 23.0 Å². The largest absolute Gasteiger partial charge is 0.457 e. The van der Waals surface area contributed by atoms with Crippen molar-refractivity contribution in [2.24, 2.45) is 5.92 Å². The fourth-order valence-electron chi connectivity index (χ4n) is 4.37. The molecule has 0 aliphatic carbocycles. The van der Waals surface area contributed by atoms with Crippen LogP contribution in [0.1, 0.15) is 22.3 Å². The summed E-state index contributed by atoms with van der Waals surface area (Å²) in [6.45, 7) is 1.69. The summed E-state index contributed by atoms with van der Waals surface area (Å²) in [5.41, 5.74) is 2.03. The van der Waals surface area contributed by atoms with Gasteiger partial charge in [0.1, 0.15) is 23.0 Å². The van der Waals surface area contributed by atoms with Crippen LogP contribution in [0.15, 0.2) is 97.1 Å². The van der Waals surface area contributed by atoms with E-state index in [0.717, 1.165) is 5.56 Å². The van der Waals surface area contributed by atoms with Gasteiger partial charge in [-0.25, -0.2) is 0 Å². The van der Waals surface area contributed by atoms with Gasteiger partial charge in [0.2, 0.25) is 5.91 Å². The van der Waals surface area contributed by atoms with Gasteiger partial charge in [0.25, 0.3) is 5.69 Å². The highest BCUT2D eigenvalue weighted by Gasteiger charge is 2.36. The molecule has 0 spiro atoms. The Hall–Kier alpha value is -5.51. The maximum atomic E-state index is 12.7. The lowest BCUT2D eigenvalue weighted by molar-refractivity contribution is -0.384. The number of carbonyl (C=O) groups excluding carboxylic acids is 3. The van der Waals surface area contributed by atoms with Crippen LogP contribution in [0.4, 0.5) is 11.4 Å². The predicted octanol–water partition coefficient (Wildman–Crippen LogP) is 6.27. The standard InChI is InChI=1S/C32H26N2O8/c1-21-2-10-26(11-3-21)41-28-14-6-24(7-15-28)33-19-23(18-31(33)36)32(37)40-20-30(35)22-4-12-27(13-5-22)42-29-16-8-25(9-17-29)34(38)39/h2-17,23H,18-20H2,1H3/t23-/m0/s1. The summed E-state index contributed by atoms with van der Waals surface area (Å²) in [6.07, 6.45) is -0.0106. The molecule has 5 rings (SSSR count). The summed E-state index contributed by atoms with van der Waals surface area (Å²) >= 11 is 0. The second-order valence-electron chi connectivity index (χ2n) is 9.72. The molecule has 0 bridgehead atoms. The summed E-state index contributed by atoms with van der Waals surface area (Å²) in [7, 11) is 0. The SMILES string of the molecule is Cc1ccc(Oc2ccc(N3C[C@@H](C(=O)OCC(=O)c4ccc(Oc5ccc([N+](=O)[O-])cc5)cc4)CC3=O)cc2)cc1. The summed E-state index contributed by atoms with van der Waals surface area (Å²) in [4.78, 5) is 49.7. The number of Topliss-reactive ketones (excluding diaryl/α,β-unsaturated/α-hetero) is 1. The smallest absolute Gasteiger partial charge is 0.311 e. The molecule has 0 unspecified atom stereocenters. The van der Waals surface area contributed by atoms with E-state index in [4.69, 9.17) is 14.2 Å². The zero-order valence-corrected chi connectivity index (χ0v) is 22.6. The first-order valence-corrected chi connectivity index (χ1v) is 13.1. The van der Waals surface area contributed by atoms with Crippen molar-refractivity contribution in [3.8, 4) is 23.0 Å². The minimum atomic E-state index is -0.689. The number of rotatable bonds is 10. The number of hydrogen-bond donors (Lipinski definition) is 0. The molecule has 1 fully saturated rings. The Morgan fingerprint density at radius 2 is 1.31 bits per heavy atom. The number of benzene rings is 4. The van der Waals surface area contributed by atoms with E-state index in [9.17, 15) is 24.5 Å². The second-order valence-corrected chi connectivity index (χ2v) is 9.72. The summed E-state index contributed by atoms with van der Waals surface area (Å²) in [5, 5.41) is 10.8. The molecule has 0 N–H and O–H groups in total. The van der Waals surface area contributed by atoms with Gasteiger partial charge in [0.15, 0.2) is 12.4 Å².